The van der Waals surface area contributed by atoms with Crippen LogP contribution in [0.2, 0.25) is 0 Å². The van der Waals surface area contributed by atoms with Crippen molar-refractivity contribution < 1.29 is 0 Å². The first-order chi connectivity index (χ1) is 12.6. The van der Waals surface area contributed by atoms with Gasteiger partial charge in [0, 0.05) is 57.9 Å². The standard InChI is InChI=1S/C20H32N6.HI/c1-5-25(19-9-6-8-17(2)14-19)13-11-22-20(21-4)23-15-18(3)16-26-12-7-10-24-26;/h6-10,12,14,18H,5,11,13,15-16H2,1-4H3,(H2,21,22,23);1H. The van der Waals surface area contributed by atoms with Crippen molar-refractivity contribution in [3.8, 4) is 0 Å². The van der Waals surface area contributed by atoms with E-state index < -0.39 is 0 Å². The number of anilines is 1. The minimum atomic E-state index is 0. The lowest BCUT2D eigenvalue weighted by Gasteiger charge is -2.24. The first-order valence-electron chi connectivity index (χ1n) is 9.36. The second kappa shape index (κ2) is 12.6. The van der Waals surface area contributed by atoms with Crippen LogP contribution in [0.1, 0.15) is 19.4 Å². The van der Waals surface area contributed by atoms with E-state index in [9.17, 15) is 0 Å². The average Bonchev–Trinajstić information content (AvgIpc) is 3.14. The lowest BCUT2D eigenvalue weighted by atomic mass is 10.2. The van der Waals surface area contributed by atoms with Crippen LogP contribution in [0.5, 0.6) is 0 Å². The van der Waals surface area contributed by atoms with E-state index in [2.05, 4.69) is 70.7 Å². The first kappa shape index (κ1) is 23.3. The zero-order valence-corrected chi connectivity index (χ0v) is 19.2. The van der Waals surface area contributed by atoms with Gasteiger partial charge < -0.3 is 15.5 Å². The number of guanidine groups is 1. The highest BCUT2D eigenvalue weighted by atomic mass is 127. The first-order valence-corrected chi connectivity index (χ1v) is 9.36. The quantitative estimate of drug-likeness (QED) is 0.326. The minimum Gasteiger partial charge on any atom is -0.370 e. The monoisotopic (exact) mass is 484 g/mol. The van der Waals surface area contributed by atoms with Crippen LogP contribution in [0.25, 0.3) is 0 Å². The summed E-state index contributed by atoms with van der Waals surface area (Å²) < 4.78 is 1.96. The van der Waals surface area contributed by atoms with Crippen molar-refractivity contribution in [2.45, 2.75) is 27.3 Å². The van der Waals surface area contributed by atoms with Crippen molar-refractivity contribution in [2.75, 3.05) is 38.1 Å². The van der Waals surface area contributed by atoms with E-state index in [1.807, 2.05) is 30.2 Å². The third kappa shape index (κ3) is 8.19. The Hall–Kier alpha value is -1.77. The number of nitrogens with one attached hydrogen (secondary N) is 2. The highest BCUT2D eigenvalue weighted by Gasteiger charge is 2.07. The zero-order chi connectivity index (χ0) is 18.8. The lowest BCUT2D eigenvalue weighted by Crippen LogP contribution is -2.43. The number of likely N-dealkylation sites (N-methyl/N-ethyl adjacent to an activating group) is 1. The predicted molar refractivity (Wildman–Crippen MR) is 125 cm³/mol. The molecule has 0 amide bonds. The predicted octanol–water partition coefficient (Wildman–Crippen LogP) is 3.14. The number of aliphatic imine (C=N–C) groups is 1. The summed E-state index contributed by atoms with van der Waals surface area (Å²) in [6.45, 7) is 11.0. The molecule has 0 aliphatic heterocycles. The van der Waals surface area contributed by atoms with Gasteiger partial charge in [-0.15, -0.1) is 24.0 Å². The fraction of sp³-hybridized carbons (Fsp3) is 0.500. The second-order valence-electron chi connectivity index (χ2n) is 6.63. The number of aryl methyl sites for hydroxylation is 1. The number of hydrogen-bond donors (Lipinski definition) is 2. The van der Waals surface area contributed by atoms with E-state index in [1.54, 1.807) is 0 Å². The highest BCUT2D eigenvalue weighted by molar-refractivity contribution is 14.0. The fourth-order valence-corrected chi connectivity index (χ4v) is 2.89. The summed E-state index contributed by atoms with van der Waals surface area (Å²) in [7, 11) is 1.81. The van der Waals surface area contributed by atoms with Gasteiger partial charge in [-0.05, 0) is 43.5 Å². The molecule has 150 valence electrons. The molecule has 0 spiro atoms. The molecule has 1 heterocycles. The van der Waals surface area contributed by atoms with E-state index >= 15 is 0 Å². The molecule has 2 N–H and O–H groups in total. The molecule has 1 aromatic heterocycles. The SMILES string of the molecule is CCN(CCNC(=NC)NCC(C)Cn1cccn1)c1cccc(C)c1.I. The molecule has 1 atom stereocenters. The number of halogens is 1. The number of aromatic nitrogens is 2. The number of hydrogen-bond acceptors (Lipinski definition) is 3. The number of nitrogens with zero attached hydrogens (tertiary/aromatic N) is 4. The molecule has 2 aromatic rings. The molecule has 2 rings (SSSR count). The molecule has 7 heteroatoms. The molecule has 0 bridgehead atoms. The minimum absolute atomic E-state index is 0. The Morgan fingerprint density at radius 2 is 2.11 bits per heavy atom. The molecular weight excluding hydrogens is 451 g/mol. The van der Waals surface area contributed by atoms with Crippen LogP contribution in [-0.4, -0.2) is 49.0 Å². The Bertz CT molecular complexity index is 671. The zero-order valence-electron chi connectivity index (χ0n) is 16.9. The van der Waals surface area contributed by atoms with E-state index in [0.29, 0.717) is 5.92 Å². The van der Waals surface area contributed by atoms with Gasteiger partial charge in [-0.1, -0.05) is 19.1 Å². The Labute approximate surface area is 180 Å². The normalized spacial score (nSPS) is 12.2. The maximum absolute atomic E-state index is 4.32. The van der Waals surface area contributed by atoms with Gasteiger partial charge in [0.15, 0.2) is 5.96 Å². The Morgan fingerprint density at radius 3 is 2.74 bits per heavy atom. The summed E-state index contributed by atoms with van der Waals surface area (Å²) in [4.78, 5) is 6.69. The van der Waals surface area contributed by atoms with Crippen LogP contribution in [0.15, 0.2) is 47.7 Å². The van der Waals surface area contributed by atoms with E-state index in [-0.39, 0.29) is 24.0 Å². The van der Waals surface area contributed by atoms with Gasteiger partial charge in [0.1, 0.15) is 0 Å². The van der Waals surface area contributed by atoms with Crippen molar-refractivity contribution in [3.05, 3.63) is 48.3 Å². The molecule has 0 saturated heterocycles. The number of benzene rings is 1. The van der Waals surface area contributed by atoms with Crippen LogP contribution < -0.4 is 15.5 Å². The lowest BCUT2D eigenvalue weighted by molar-refractivity contribution is 0.443. The van der Waals surface area contributed by atoms with Crippen molar-refractivity contribution in [2.24, 2.45) is 10.9 Å². The summed E-state index contributed by atoms with van der Waals surface area (Å²) in [5, 5.41) is 11.1. The second-order valence-corrected chi connectivity index (χ2v) is 6.63. The molecule has 1 aromatic carbocycles. The fourth-order valence-electron chi connectivity index (χ4n) is 2.89. The molecule has 0 aliphatic carbocycles. The summed E-state index contributed by atoms with van der Waals surface area (Å²) in [5.41, 5.74) is 2.56. The van der Waals surface area contributed by atoms with Crippen LogP contribution in [0, 0.1) is 12.8 Å². The van der Waals surface area contributed by atoms with Crippen molar-refractivity contribution in [1.82, 2.24) is 20.4 Å². The Balaban J connectivity index is 0.00000364. The summed E-state index contributed by atoms with van der Waals surface area (Å²) in [6.07, 6.45) is 3.81. The largest absolute Gasteiger partial charge is 0.370 e. The summed E-state index contributed by atoms with van der Waals surface area (Å²) in [6, 6.07) is 10.6. The molecular formula is C20H33IN6. The van der Waals surface area contributed by atoms with E-state index in [4.69, 9.17) is 0 Å². The molecule has 6 nitrogen and oxygen atoms in total. The van der Waals surface area contributed by atoms with E-state index in [1.165, 1.54) is 11.3 Å². The van der Waals surface area contributed by atoms with Gasteiger partial charge in [0.05, 0.1) is 0 Å². The molecule has 1 unspecified atom stereocenters. The third-order valence-electron chi connectivity index (χ3n) is 4.32. The van der Waals surface area contributed by atoms with Crippen LogP contribution in [-0.2, 0) is 6.54 Å². The maximum Gasteiger partial charge on any atom is 0.191 e. The molecule has 27 heavy (non-hydrogen) atoms. The molecule has 0 radical (unpaired) electrons. The maximum atomic E-state index is 4.32. The number of rotatable bonds is 9. The van der Waals surface area contributed by atoms with E-state index in [0.717, 1.165) is 38.7 Å². The van der Waals surface area contributed by atoms with Gasteiger partial charge in [0.25, 0.3) is 0 Å². The topological polar surface area (TPSA) is 57.5 Å². The summed E-state index contributed by atoms with van der Waals surface area (Å²) >= 11 is 0. The Kier molecular flexibility index (Phi) is 10.8. The van der Waals surface area contributed by atoms with Crippen molar-refractivity contribution in [3.63, 3.8) is 0 Å². The van der Waals surface area contributed by atoms with Gasteiger partial charge in [-0.3, -0.25) is 9.67 Å². The molecule has 0 saturated carbocycles. The molecule has 0 aliphatic rings. The summed E-state index contributed by atoms with van der Waals surface area (Å²) in [5.74, 6) is 1.31. The Morgan fingerprint density at radius 1 is 1.30 bits per heavy atom. The van der Waals surface area contributed by atoms with Crippen LogP contribution >= 0.6 is 24.0 Å². The smallest absolute Gasteiger partial charge is 0.191 e. The van der Waals surface area contributed by atoms with Gasteiger partial charge in [0.2, 0.25) is 0 Å². The van der Waals surface area contributed by atoms with Gasteiger partial charge >= 0.3 is 0 Å². The molecule has 0 fully saturated rings. The van der Waals surface area contributed by atoms with Gasteiger partial charge in [-0.25, -0.2) is 0 Å². The van der Waals surface area contributed by atoms with Gasteiger partial charge in [-0.2, -0.15) is 5.10 Å². The third-order valence-corrected chi connectivity index (χ3v) is 4.32. The van der Waals surface area contributed by atoms with Crippen molar-refractivity contribution in [1.29, 1.82) is 0 Å². The van der Waals surface area contributed by atoms with Crippen molar-refractivity contribution >= 4 is 35.6 Å². The average molecular weight is 484 g/mol. The van der Waals surface area contributed by atoms with Crippen LogP contribution in [0.4, 0.5) is 5.69 Å². The van der Waals surface area contributed by atoms with Crippen LogP contribution in [0.3, 0.4) is 0 Å². The highest BCUT2D eigenvalue weighted by Crippen LogP contribution is 2.14.